The molecule has 204 valence electrons. The molecule has 3 rings (SSSR count). The van der Waals surface area contributed by atoms with Gasteiger partial charge in [0.2, 0.25) is 5.91 Å². The van der Waals surface area contributed by atoms with Crippen molar-refractivity contribution in [1.82, 2.24) is 5.32 Å². The number of amides is 1. The molecule has 1 fully saturated rings. The first kappa shape index (κ1) is 29.2. The Hall–Kier alpha value is -2.38. The quantitative estimate of drug-likeness (QED) is 0.395. The molecule has 2 aromatic carbocycles. The number of nitrogens with one attached hydrogen (secondary N) is 1. The molecule has 1 amide bonds. The zero-order chi connectivity index (χ0) is 28.1. The van der Waals surface area contributed by atoms with Crippen molar-refractivity contribution in [2.24, 2.45) is 0 Å². The molecule has 1 saturated heterocycles. The van der Waals surface area contributed by atoms with Gasteiger partial charge in [0, 0.05) is 25.7 Å². The Kier molecular flexibility index (Phi) is 7.68. The van der Waals surface area contributed by atoms with Crippen LogP contribution in [0.25, 0.3) is 0 Å². The zero-order valence-corrected chi connectivity index (χ0v) is 20.1. The maximum absolute atomic E-state index is 14.4. The van der Waals surface area contributed by atoms with Crippen molar-refractivity contribution in [3.63, 3.8) is 0 Å². The van der Waals surface area contributed by atoms with E-state index in [9.17, 15) is 49.4 Å². The van der Waals surface area contributed by atoms with Gasteiger partial charge >= 0.3 is 18.5 Å². The molecule has 0 radical (unpaired) electrons. The van der Waals surface area contributed by atoms with E-state index in [0.29, 0.717) is 17.0 Å². The third-order valence-electron chi connectivity index (χ3n) is 6.10. The summed E-state index contributed by atoms with van der Waals surface area (Å²) < 4.78 is 125. The Balaban J connectivity index is 2.14. The summed E-state index contributed by atoms with van der Waals surface area (Å²) in [6, 6.07) is 3.12. The number of aliphatic hydroxyl groups excluding tert-OH is 1. The maximum Gasteiger partial charge on any atom is 0.417 e. The molecule has 37 heavy (non-hydrogen) atoms. The summed E-state index contributed by atoms with van der Waals surface area (Å²) in [6.45, 7) is -0.111. The number of rotatable bonds is 4. The number of alkyl halides is 9. The number of nitrogens with zero attached hydrogens (tertiary/aromatic N) is 1. The fourth-order valence-corrected chi connectivity index (χ4v) is 4.70. The van der Waals surface area contributed by atoms with Gasteiger partial charge in [-0.05, 0) is 41.8 Å². The largest absolute Gasteiger partial charge is 0.417 e. The van der Waals surface area contributed by atoms with Crippen LogP contribution in [-0.2, 0) is 29.1 Å². The minimum absolute atomic E-state index is 0.131. The Morgan fingerprint density at radius 2 is 1.62 bits per heavy atom. The normalized spacial score (nSPS) is 20.9. The first-order chi connectivity index (χ1) is 16.8. The second-order valence-electron chi connectivity index (χ2n) is 8.35. The van der Waals surface area contributed by atoms with Crippen LogP contribution in [0.2, 0.25) is 10.0 Å². The monoisotopic (exact) mass is 582 g/mol. The van der Waals surface area contributed by atoms with Crippen molar-refractivity contribution in [2.75, 3.05) is 11.4 Å². The number of carbonyl (C=O) groups excluding carboxylic acids is 1. The lowest BCUT2D eigenvalue weighted by atomic mass is 9.76. The molecule has 2 aromatic rings. The first-order valence-electron chi connectivity index (χ1n) is 10.3. The van der Waals surface area contributed by atoms with Crippen molar-refractivity contribution in [2.45, 2.75) is 50.1 Å². The number of benzene rings is 2. The van der Waals surface area contributed by atoms with Gasteiger partial charge in [-0.25, -0.2) is 0 Å². The van der Waals surface area contributed by atoms with Gasteiger partial charge in [0.15, 0.2) is 0 Å². The van der Waals surface area contributed by atoms with Crippen molar-refractivity contribution >= 4 is 34.8 Å². The lowest BCUT2D eigenvalue weighted by Gasteiger charge is -2.38. The fourth-order valence-electron chi connectivity index (χ4n) is 4.26. The lowest BCUT2D eigenvalue weighted by molar-refractivity contribution is -0.211. The summed E-state index contributed by atoms with van der Waals surface area (Å²) in [7, 11) is 0. The predicted octanol–water partition coefficient (Wildman–Crippen LogP) is 6.70. The van der Waals surface area contributed by atoms with Crippen LogP contribution in [0.1, 0.15) is 35.6 Å². The van der Waals surface area contributed by atoms with E-state index in [1.54, 1.807) is 0 Å². The highest BCUT2D eigenvalue weighted by Gasteiger charge is 2.65. The summed E-state index contributed by atoms with van der Waals surface area (Å²) in [5, 5.41) is 11.2. The van der Waals surface area contributed by atoms with Gasteiger partial charge in [0.05, 0.1) is 21.2 Å². The summed E-state index contributed by atoms with van der Waals surface area (Å²) in [5.74, 6) is -0.623. The number of aliphatic hydroxyl groups is 1. The molecule has 0 bridgehead atoms. The molecule has 1 aliphatic rings. The van der Waals surface area contributed by atoms with Crippen molar-refractivity contribution in [3.05, 3.63) is 62.6 Å². The molecule has 1 heterocycles. The second kappa shape index (κ2) is 9.73. The molecule has 2 unspecified atom stereocenters. The van der Waals surface area contributed by atoms with E-state index in [4.69, 9.17) is 23.2 Å². The van der Waals surface area contributed by atoms with Crippen molar-refractivity contribution < 1.29 is 49.4 Å². The smallest absolute Gasteiger partial charge is 0.372 e. The zero-order valence-electron chi connectivity index (χ0n) is 18.5. The molecule has 0 aromatic heterocycles. The van der Waals surface area contributed by atoms with Crippen molar-refractivity contribution in [3.8, 4) is 0 Å². The van der Waals surface area contributed by atoms with Crippen LogP contribution in [0.15, 0.2) is 30.3 Å². The van der Waals surface area contributed by atoms with Crippen LogP contribution >= 0.6 is 23.2 Å². The summed E-state index contributed by atoms with van der Waals surface area (Å²) in [5.41, 5.74) is -8.17. The molecule has 0 aliphatic carbocycles. The van der Waals surface area contributed by atoms with Gasteiger partial charge in [-0.15, -0.1) is 0 Å². The Bertz CT molecular complexity index is 1200. The predicted molar refractivity (Wildman–Crippen MR) is 116 cm³/mol. The van der Waals surface area contributed by atoms with Crippen molar-refractivity contribution in [1.29, 1.82) is 0 Å². The first-order valence-corrected chi connectivity index (χ1v) is 11.1. The number of anilines is 1. The van der Waals surface area contributed by atoms with E-state index in [-0.39, 0.29) is 11.6 Å². The highest BCUT2D eigenvalue weighted by molar-refractivity contribution is 6.42. The number of halogens is 11. The van der Waals surface area contributed by atoms with E-state index in [1.165, 1.54) is 0 Å². The van der Waals surface area contributed by atoms with E-state index in [2.05, 4.69) is 5.32 Å². The Morgan fingerprint density at radius 3 is 2.14 bits per heavy atom. The third-order valence-corrected chi connectivity index (χ3v) is 6.90. The SMILES string of the molecule is CC(=O)NCc1ccc(N2CCC(c3cc(Cl)c(Cl)c(C(F)(F)F)c3)(C(F)(F)F)C2O)cc1C(F)(F)F. The molecular formula is C22H17Cl2F9N2O2. The van der Waals surface area contributed by atoms with Gasteiger partial charge in [-0.3, -0.25) is 4.79 Å². The maximum atomic E-state index is 14.4. The number of hydrogen-bond donors (Lipinski definition) is 2. The highest BCUT2D eigenvalue weighted by atomic mass is 35.5. The van der Waals surface area contributed by atoms with Crippen LogP contribution in [0.4, 0.5) is 45.2 Å². The van der Waals surface area contributed by atoms with Crippen LogP contribution in [0, 0.1) is 0 Å². The minimum Gasteiger partial charge on any atom is -0.372 e. The molecule has 1 aliphatic heterocycles. The molecular weight excluding hydrogens is 566 g/mol. The summed E-state index contributed by atoms with van der Waals surface area (Å²) in [4.78, 5) is 11.7. The van der Waals surface area contributed by atoms with E-state index in [0.717, 1.165) is 19.1 Å². The Morgan fingerprint density at radius 1 is 1.03 bits per heavy atom. The molecule has 2 atom stereocenters. The molecule has 4 nitrogen and oxygen atoms in total. The van der Waals surface area contributed by atoms with E-state index >= 15 is 0 Å². The van der Waals surface area contributed by atoms with Gasteiger partial charge in [0.1, 0.15) is 11.6 Å². The van der Waals surface area contributed by atoms with Gasteiger partial charge in [-0.2, -0.15) is 39.5 Å². The summed E-state index contributed by atoms with van der Waals surface area (Å²) >= 11 is 11.3. The van der Waals surface area contributed by atoms with Crippen LogP contribution in [0.5, 0.6) is 0 Å². The van der Waals surface area contributed by atoms with Crippen LogP contribution in [-0.4, -0.2) is 30.0 Å². The van der Waals surface area contributed by atoms with Crippen LogP contribution < -0.4 is 10.2 Å². The van der Waals surface area contributed by atoms with E-state index in [1.807, 2.05) is 0 Å². The van der Waals surface area contributed by atoms with E-state index < -0.39 is 88.0 Å². The summed E-state index contributed by atoms with van der Waals surface area (Å²) in [6.07, 6.45) is -19.1. The second-order valence-corrected chi connectivity index (χ2v) is 9.14. The molecule has 15 heteroatoms. The van der Waals surface area contributed by atoms with Crippen LogP contribution in [0.3, 0.4) is 0 Å². The molecule has 2 N–H and O–H groups in total. The minimum atomic E-state index is -5.35. The topological polar surface area (TPSA) is 52.6 Å². The molecule has 0 spiro atoms. The highest BCUT2D eigenvalue weighted by Crippen LogP contribution is 2.54. The molecule has 0 saturated carbocycles. The average Bonchev–Trinajstić information content (AvgIpc) is 3.10. The van der Waals surface area contributed by atoms with Gasteiger partial charge in [-0.1, -0.05) is 29.3 Å². The lowest BCUT2D eigenvalue weighted by Crippen LogP contribution is -2.52. The standard InChI is InChI=1S/C22H17Cl2F9N2O2/c1-10(36)34-9-11-2-3-13(8-14(11)20(25,26)27)35-5-4-19(18(35)37,22(31,32)33)12-6-15(21(28,29)30)17(24)16(23)7-12/h2-3,6-8,18,37H,4-5,9H2,1H3,(H,34,36). The third kappa shape index (κ3) is 5.44. The van der Waals surface area contributed by atoms with Gasteiger partial charge in [0.25, 0.3) is 0 Å². The average molecular weight is 583 g/mol. The van der Waals surface area contributed by atoms with Gasteiger partial charge < -0.3 is 15.3 Å². The Labute approximate surface area is 213 Å². The number of hydrogen-bond acceptors (Lipinski definition) is 3. The fraction of sp³-hybridized carbons (Fsp3) is 0.409. The number of carbonyl (C=O) groups is 1.